The lowest BCUT2D eigenvalue weighted by Gasteiger charge is -2.31. The Kier molecular flexibility index (Phi) is 5.34. The smallest absolute Gasteiger partial charge is 0.123 e. The number of hydrogen-bond acceptors (Lipinski definition) is 2. The lowest BCUT2D eigenvalue weighted by atomic mass is 9.94. The van der Waals surface area contributed by atoms with Gasteiger partial charge in [0.15, 0.2) is 0 Å². The summed E-state index contributed by atoms with van der Waals surface area (Å²) >= 11 is 0. The topological polar surface area (TPSA) is 21.3 Å². The van der Waals surface area contributed by atoms with Gasteiger partial charge in [-0.2, -0.15) is 0 Å². The minimum absolute atomic E-state index is 0.106. The predicted molar refractivity (Wildman–Crippen MR) is 75.8 cm³/mol. The second-order valence-corrected chi connectivity index (χ2v) is 5.40. The highest BCUT2D eigenvalue weighted by Crippen LogP contribution is 2.27. The zero-order valence-corrected chi connectivity index (χ0v) is 11.9. The van der Waals surface area contributed by atoms with Crippen molar-refractivity contribution in [3.8, 4) is 0 Å². The fourth-order valence-corrected chi connectivity index (χ4v) is 2.74. The van der Waals surface area contributed by atoms with Crippen LogP contribution in [0.4, 0.5) is 4.39 Å². The third kappa shape index (κ3) is 4.02. The molecule has 2 atom stereocenters. The number of rotatable bonds is 5. The van der Waals surface area contributed by atoms with E-state index >= 15 is 0 Å². The van der Waals surface area contributed by atoms with Crippen LogP contribution >= 0.6 is 0 Å². The maximum Gasteiger partial charge on any atom is 0.123 e. The van der Waals surface area contributed by atoms with Gasteiger partial charge in [-0.3, -0.25) is 0 Å². The van der Waals surface area contributed by atoms with Crippen molar-refractivity contribution in [2.75, 3.05) is 13.2 Å². The molecule has 1 fully saturated rings. The normalized spacial score (nSPS) is 21.3. The largest absolute Gasteiger partial charge is 0.376 e. The highest BCUT2D eigenvalue weighted by molar-refractivity contribution is 5.27. The van der Waals surface area contributed by atoms with Gasteiger partial charge in [-0.25, -0.2) is 4.39 Å². The molecular weight excluding hydrogens is 241 g/mol. The molecule has 0 radical (unpaired) electrons. The molecule has 1 aromatic carbocycles. The first-order valence-corrected chi connectivity index (χ1v) is 7.33. The number of halogens is 1. The molecule has 0 aromatic heterocycles. The van der Waals surface area contributed by atoms with E-state index < -0.39 is 0 Å². The Hall–Kier alpha value is -0.930. The third-order valence-electron chi connectivity index (χ3n) is 3.62. The second-order valence-electron chi connectivity index (χ2n) is 5.40. The first-order chi connectivity index (χ1) is 9.20. The number of benzene rings is 1. The van der Waals surface area contributed by atoms with Crippen LogP contribution in [-0.4, -0.2) is 19.3 Å². The van der Waals surface area contributed by atoms with Crippen molar-refractivity contribution in [2.24, 2.45) is 0 Å². The van der Waals surface area contributed by atoms with Gasteiger partial charge in [0.2, 0.25) is 0 Å². The summed E-state index contributed by atoms with van der Waals surface area (Å²) in [4.78, 5) is 0. The van der Waals surface area contributed by atoms with E-state index in [-0.39, 0.29) is 18.0 Å². The molecule has 0 aliphatic carbocycles. The Bertz CT molecular complexity index is 381. The number of ether oxygens (including phenoxy) is 1. The molecule has 106 valence electrons. The average Bonchev–Trinajstić information content (AvgIpc) is 2.39. The van der Waals surface area contributed by atoms with Crippen LogP contribution in [0.2, 0.25) is 0 Å². The van der Waals surface area contributed by atoms with Gasteiger partial charge in [0, 0.05) is 6.61 Å². The maximum absolute atomic E-state index is 13.6. The molecule has 0 saturated carbocycles. The summed E-state index contributed by atoms with van der Waals surface area (Å²) in [5.74, 6) is -0.158. The van der Waals surface area contributed by atoms with Crippen LogP contribution < -0.4 is 5.32 Å². The van der Waals surface area contributed by atoms with Crippen LogP contribution in [0.25, 0.3) is 0 Å². The van der Waals surface area contributed by atoms with Crippen LogP contribution in [0.5, 0.6) is 0 Å². The van der Waals surface area contributed by atoms with E-state index in [9.17, 15) is 4.39 Å². The molecule has 1 aliphatic heterocycles. The van der Waals surface area contributed by atoms with E-state index in [0.717, 1.165) is 43.5 Å². The number of aryl methyl sites for hydroxylation is 1. The minimum Gasteiger partial charge on any atom is -0.376 e. The van der Waals surface area contributed by atoms with Crippen molar-refractivity contribution in [1.82, 2.24) is 5.32 Å². The molecule has 1 heterocycles. The van der Waals surface area contributed by atoms with Gasteiger partial charge < -0.3 is 10.1 Å². The molecule has 2 rings (SSSR count). The summed E-state index contributed by atoms with van der Waals surface area (Å²) in [6.07, 6.45) is 4.62. The zero-order valence-electron chi connectivity index (χ0n) is 11.9. The Balaban J connectivity index is 2.19. The lowest BCUT2D eigenvalue weighted by Crippen LogP contribution is -2.36. The molecule has 0 amide bonds. The molecule has 2 unspecified atom stereocenters. The molecule has 1 aliphatic rings. The Morgan fingerprint density at radius 3 is 2.84 bits per heavy atom. The fourth-order valence-electron chi connectivity index (χ4n) is 2.74. The van der Waals surface area contributed by atoms with Crippen LogP contribution in [-0.2, 0) is 4.74 Å². The molecule has 0 bridgehead atoms. The van der Waals surface area contributed by atoms with E-state index in [4.69, 9.17) is 4.74 Å². The molecule has 1 N–H and O–H groups in total. The van der Waals surface area contributed by atoms with Gasteiger partial charge in [0.05, 0.1) is 12.1 Å². The van der Waals surface area contributed by atoms with Gasteiger partial charge >= 0.3 is 0 Å². The van der Waals surface area contributed by atoms with Crippen molar-refractivity contribution in [1.29, 1.82) is 0 Å². The van der Waals surface area contributed by atoms with E-state index in [0.29, 0.717) is 0 Å². The minimum atomic E-state index is -0.158. The molecule has 19 heavy (non-hydrogen) atoms. The Morgan fingerprint density at radius 2 is 2.21 bits per heavy atom. The molecule has 1 aromatic rings. The molecule has 1 saturated heterocycles. The predicted octanol–water partition coefficient (Wildman–Crippen LogP) is 3.74. The van der Waals surface area contributed by atoms with Crippen LogP contribution in [0.3, 0.4) is 0 Å². The van der Waals surface area contributed by atoms with Gasteiger partial charge in [-0.05, 0) is 62.4 Å². The van der Waals surface area contributed by atoms with E-state index in [1.54, 1.807) is 12.1 Å². The highest BCUT2D eigenvalue weighted by Gasteiger charge is 2.25. The van der Waals surface area contributed by atoms with Gasteiger partial charge in [0.1, 0.15) is 5.82 Å². The highest BCUT2D eigenvalue weighted by atomic mass is 19.1. The van der Waals surface area contributed by atoms with Crippen LogP contribution in [0, 0.1) is 12.7 Å². The number of hydrogen-bond donors (Lipinski definition) is 1. The van der Waals surface area contributed by atoms with Crippen molar-refractivity contribution in [2.45, 2.75) is 51.7 Å². The standard InChI is InChI=1S/C16H24FNO/c1-3-7-18-16(15-6-4-5-8-19-15)13-9-12(2)10-14(17)11-13/h9-11,15-16,18H,3-8H2,1-2H3. The summed E-state index contributed by atoms with van der Waals surface area (Å²) in [7, 11) is 0. The zero-order chi connectivity index (χ0) is 13.7. The maximum atomic E-state index is 13.6. The Morgan fingerprint density at radius 1 is 1.37 bits per heavy atom. The number of nitrogens with one attached hydrogen (secondary N) is 1. The summed E-state index contributed by atoms with van der Waals surface area (Å²) in [5.41, 5.74) is 1.98. The van der Waals surface area contributed by atoms with E-state index in [2.05, 4.69) is 18.3 Å². The average molecular weight is 265 g/mol. The van der Waals surface area contributed by atoms with Gasteiger partial charge in [-0.1, -0.05) is 13.0 Å². The SMILES string of the molecule is CCCNC(c1cc(C)cc(F)c1)C1CCCCO1. The first-order valence-electron chi connectivity index (χ1n) is 7.33. The van der Waals surface area contributed by atoms with E-state index in [1.165, 1.54) is 6.42 Å². The van der Waals surface area contributed by atoms with Crippen LogP contribution in [0.15, 0.2) is 18.2 Å². The molecular formula is C16H24FNO. The molecule has 3 heteroatoms. The molecule has 2 nitrogen and oxygen atoms in total. The van der Waals surface area contributed by atoms with Crippen molar-refractivity contribution in [3.63, 3.8) is 0 Å². The monoisotopic (exact) mass is 265 g/mol. The van der Waals surface area contributed by atoms with Gasteiger partial charge in [-0.15, -0.1) is 0 Å². The van der Waals surface area contributed by atoms with Crippen molar-refractivity contribution >= 4 is 0 Å². The van der Waals surface area contributed by atoms with Crippen molar-refractivity contribution < 1.29 is 9.13 Å². The summed E-state index contributed by atoms with van der Waals surface area (Å²) in [5, 5.41) is 3.52. The third-order valence-corrected chi connectivity index (χ3v) is 3.62. The first kappa shape index (κ1) is 14.5. The summed E-state index contributed by atoms with van der Waals surface area (Å²) in [6, 6.07) is 5.38. The molecule has 0 spiro atoms. The second kappa shape index (κ2) is 7.01. The Labute approximate surface area is 115 Å². The summed E-state index contributed by atoms with van der Waals surface area (Å²) in [6.45, 7) is 5.83. The summed E-state index contributed by atoms with van der Waals surface area (Å²) < 4.78 is 19.5. The van der Waals surface area contributed by atoms with Crippen molar-refractivity contribution in [3.05, 3.63) is 35.1 Å². The fraction of sp³-hybridized carbons (Fsp3) is 0.625. The lowest BCUT2D eigenvalue weighted by molar-refractivity contribution is -0.00821. The van der Waals surface area contributed by atoms with Gasteiger partial charge in [0.25, 0.3) is 0 Å². The quantitative estimate of drug-likeness (QED) is 0.875. The van der Waals surface area contributed by atoms with E-state index in [1.807, 2.05) is 6.92 Å². The van der Waals surface area contributed by atoms with Crippen LogP contribution in [0.1, 0.15) is 49.8 Å².